The smallest absolute Gasteiger partial charge is 0.221 e. The van der Waals surface area contributed by atoms with E-state index in [-0.39, 0.29) is 5.91 Å². The first-order valence-corrected chi connectivity index (χ1v) is 11.0. The molecule has 1 amide bonds. The van der Waals surface area contributed by atoms with Gasteiger partial charge < -0.3 is 15.5 Å². The summed E-state index contributed by atoms with van der Waals surface area (Å²) < 4.78 is 1.20. The number of halogens is 1. The summed E-state index contributed by atoms with van der Waals surface area (Å²) in [5.41, 5.74) is 2.17. The second kappa shape index (κ2) is 12.1. The van der Waals surface area contributed by atoms with Crippen molar-refractivity contribution in [1.82, 2.24) is 15.2 Å². The van der Waals surface area contributed by atoms with E-state index in [0.29, 0.717) is 6.42 Å². The molecule has 148 valence electrons. The summed E-state index contributed by atoms with van der Waals surface area (Å²) in [4.78, 5) is 18.6. The number of hydrogen-bond donors (Lipinski definition) is 2. The van der Waals surface area contributed by atoms with Crippen LogP contribution in [0.15, 0.2) is 30.5 Å². The minimum atomic E-state index is 0.165. The van der Waals surface area contributed by atoms with Crippen molar-refractivity contribution in [2.45, 2.75) is 39.5 Å². The number of benzene rings is 1. The Hall–Kier alpha value is -1.41. The molecule has 0 bridgehead atoms. The van der Waals surface area contributed by atoms with Gasteiger partial charge in [-0.1, -0.05) is 13.8 Å². The molecule has 0 aliphatic heterocycles. The molecular weight excluding hydrogens is 451 g/mol. The fraction of sp³-hybridized carbons (Fsp3) is 0.524. The van der Waals surface area contributed by atoms with E-state index < -0.39 is 0 Å². The number of carbonyl (C=O) groups excluding carboxylic acids is 1. The van der Waals surface area contributed by atoms with Gasteiger partial charge in [-0.3, -0.25) is 9.78 Å². The van der Waals surface area contributed by atoms with Crippen molar-refractivity contribution >= 4 is 45.1 Å². The summed E-state index contributed by atoms with van der Waals surface area (Å²) in [6.45, 7) is 8.82. The molecular formula is C21H31IN4O. The molecule has 0 fully saturated rings. The predicted molar refractivity (Wildman–Crippen MR) is 122 cm³/mol. The summed E-state index contributed by atoms with van der Waals surface area (Å²) >= 11 is 2.31. The Kier molecular flexibility index (Phi) is 9.83. The molecule has 0 aliphatic rings. The number of unbranched alkanes of at least 4 members (excludes halogenated alkanes) is 2. The highest BCUT2D eigenvalue weighted by Crippen LogP contribution is 2.23. The molecule has 0 saturated heterocycles. The topological polar surface area (TPSA) is 57.3 Å². The van der Waals surface area contributed by atoms with Gasteiger partial charge in [0, 0.05) is 46.9 Å². The molecule has 0 atom stereocenters. The average Bonchev–Trinajstić information content (AvgIpc) is 2.67. The number of nitrogens with zero attached hydrogens (tertiary/aromatic N) is 2. The van der Waals surface area contributed by atoms with Crippen LogP contribution in [0.4, 0.5) is 5.69 Å². The molecule has 5 nitrogen and oxygen atoms in total. The van der Waals surface area contributed by atoms with Gasteiger partial charge >= 0.3 is 0 Å². The van der Waals surface area contributed by atoms with Crippen molar-refractivity contribution in [1.29, 1.82) is 0 Å². The van der Waals surface area contributed by atoms with Crippen LogP contribution < -0.4 is 10.6 Å². The first-order chi connectivity index (χ1) is 13.1. The lowest BCUT2D eigenvalue weighted by Gasteiger charge is -2.17. The molecule has 2 aromatic rings. The predicted octanol–water partition coefficient (Wildman–Crippen LogP) is 4.27. The Bertz CT molecular complexity index is 718. The minimum absolute atomic E-state index is 0.165. The van der Waals surface area contributed by atoms with Crippen LogP contribution in [-0.2, 0) is 4.79 Å². The highest BCUT2D eigenvalue weighted by molar-refractivity contribution is 14.1. The third-order valence-corrected chi connectivity index (χ3v) is 5.42. The molecule has 1 aromatic heterocycles. The van der Waals surface area contributed by atoms with Gasteiger partial charge in [-0.25, -0.2) is 0 Å². The summed E-state index contributed by atoms with van der Waals surface area (Å²) in [6.07, 6.45) is 5.66. The quantitative estimate of drug-likeness (QED) is 0.351. The van der Waals surface area contributed by atoms with Gasteiger partial charge in [0.25, 0.3) is 0 Å². The van der Waals surface area contributed by atoms with E-state index in [1.807, 2.05) is 12.3 Å². The number of carbonyl (C=O) groups is 1. The zero-order chi connectivity index (χ0) is 19.5. The van der Waals surface area contributed by atoms with Crippen molar-refractivity contribution in [3.05, 3.63) is 34.0 Å². The number of pyridine rings is 1. The second-order valence-electron chi connectivity index (χ2n) is 6.63. The number of rotatable bonds is 12. The number of fused-ring (bicyclic) bond motifs is 1. The van der Waals surface area contributed by atoms with Gasteiger partial charge in [0.05, 0.1) is 5.52 Å². The Morgan fingerprint density at radius 2 is 1.89 bits per heavy atom. The Labute approximate surface area is 176 Å². The molecule has 27 heavy (non-hydrogen) atoms. The van der Waals surface area contributed by atoms with E-state index in [1.165, 1.54) is 8.96 Å². The van der Waals surface area contributed by atoms with Gasteiger partial charge in [-0.15, -0.1) is 0 Å². The van der Waals surface area contributed by atoms with Gasteiger partial charge in [0.15, 0.2) is 0 Å². The number of amides is 1. The standard InChI is InChI=1S/C21H31IN4O/c1-3-26(4-2)15-11-21(27)25-13-7-5-6-12-23-19-10-14-24-20-16-17(22)8-9-18(19)20/h8-10,14,16H,3-7,11-13,15H2,1-2H3,(H,23,24)(H,25,27). The number of aromatic nitrogens is 1. The highest BCUT2D eigenvalue weighted by Gasteiger charge is 2.05. The van der Waals surface area contributed by atoms with Crippen LogP contribution >= 0.6 is 22.6 Å². The largest absolute Gasteiger partial charge is 0.384 e. The number of hydrogen-bond acceptors (Lipinski definition) is 4. The van der Waals surface area contributed by atoms with Gasteiger partial charge in [0.2, 0.25) is 5.91 Å². The molecule has 0 aliphatic carbocycles. The maximum atomic E-state index is 11.8. The Balaban J connectivity index is 1.59. The molecule has 1 aromatic carbocycles. The van der Waals surface area contributed by atoms with E-state index in [9.17, 15) is 4.79 Å². The SMILES string of the molecule is CCN(CC)CCC(=O)NCCCCCNc1ccnc2cc(I)ccc12. The molecule has 0 saturated carbocycles. The van der Waals surface area contributed by atoms with Crippen molar-refractivity contribution in [2.75, 3.05) is 38.0 Å². The molecule has 6 heteroatoms. The summed E-state index contributed by atoms with van der Waals surface area (Å²) in [5.74, 6) is 0.165. The first kappa shape index (κ1) is 21.9. The molecule has 0 unspecified atom stereocenters. The first-order valence-electron chi connectivity index (χ1n) is 9.91. The van der Waals surface area contributed by atoms with Gasteiger partial charge in [0.1, 0.15) is 0 Å². The van der Waals surface area contributed by atoms with E-state index in [4.69, 9.17) is 0 Å². The maximum absolute atomic E-state index is 11.8. The number of anilines is 1. The summed E-state index contributed by atoms with van der Waals surface area (Å²) in [7, 11) is 0. The zero-order valence-electron chi connectivity index (χ0n) is 16.4. The van der Waals surface area contributed by atoms with Crippen LogP contribution in [0.5, 0.6) is 0 Å². The normalized spacial score (nSPS) is 11.1. The number of nitrogens with one attached hydrogen (secondary N) is 2. The zero-order valence-corrected chi connectivity index (χ0v) is 18.6. The van der Waals surface area contributed by atoms with E-state index in [1.54, 1.807) is 0 Å². The lowest BCUT2D eigenvalue weighted by molar-refractivity contribution is -0.121. The molecule has 0 spiro atoms. The lowest BCUT2D eigenvalue weighted by Crippen LogP contribution is -2.31. The van der Waals surface area contributed by atoms with Crippen LogP contribution in [0.3, 0.4) is 0 Å². The fourth-order valence-corrected chi connectivity index (χ4v) is 3.52. The Morgan fingerprint density at radius 3 is 2.67 bits per heavy atom. The van der Waals surface area contributed by atoms with Crippen molar-refractivity contribution < 1.29 is 4.79 Å². The maximum Gasteiger partial charge on any atom is 0.221 e. The average molecular weight is 482 g/mol. The van der Waals surface area contributed by atoms with Crippen LogP contribution in [0.25, 0.3) is 10.9 Å². The van der Waals surface area contributed by atoms with Crippen LogP contribution in [0, 0.1) is 3.57 Å². The molecule has 2 N–H and O–H groups in total. The van der Waals surface area contributed by atoms with Gasteiger partial charge in [-0.05, 0) is 79.2 Å². The monoisotopic (exact) mass is 482 g/mol. The van der Waals surface area contributed by atoms with Crippen LogP contribution in [0.1, 0.15) is 39.5 Å². The van der Waals surface area contributed by atoms with Crippen LogP contribution in [0.2, 0.25) is 0 Å². The third kappa shape index (κ3) is 7.62. The van der Waals surface area contributed by atoms with Gasteiger partial charge in [-0.2, -0.15) is 0 Å². The highest BCUT2D eigenvalue weighted by atomic mass is 127. The second-order valence-corrected chi connectivity index (χ2v) is 7.88. The van der Waals surface area contributed by atoms with Crippen molar-refractivity contribution in [2.24, 2.45) is 0 Å². The van der Waals surface area contributed by atoms with E-state index >= 15 is 0 Å². The summed E-state index contributed by atoms with van der Waals surface area (Å²) in [5, 5.41) is 7.71. The minimum Gasteiger partial charge on any atom is -0.384 e. The third-order valence-electron chi connectivity index (χ3n) is 4.75. The van der Waals surface area contributed by atoms with Crippen LogP contribution in [-0.4, -0.2) is 48.5 Å². The van der Waals surface area contributed by atoms with E-state index in [2.05, 4.69) is 75.2 Å². The van der Waals surface area contributed by atoms with Crippen molar-refractivity contribution in [3.63, 3.8) is 0 Å². The summed E-state index contributed by atoms with van der Waals surface area (Å²) in [6, 6.07) is 8.37. The molecule has 0 radical (unpaired) electrons. The molecule has 2 rings (SSSR count). The Morgan fingerprint density at radius 1 is 1.11 bits per heavy atom. The van der Waals surface area contributed by atoms with Crippen molar-refractivity contribution in [3.8, 4) is 0 Å². The van der Waals surface area contributed by atoms with E-state index in [0.717, 1.165) is 63.2 Å². The molecule has 1 heterocycles. The fourth-order valence-electron chi connectivity index (χ4n) is 3.04. The lowest BCUT2D eigenvalue weighted by atomic mass is 10.2.